The molecule has 0 fully saturated rings. The monoisotopic (exact) mass is 382 g/mol. The van der Waals surface area contributed by atoms with Gasteiger partial charge >= 0.3 is 23.9 Å². The molecule has 0 aliphatic rings. The number of carboxylic acid groups (broad SMARTS) is 2. The number of ether oxygens (including phenoxy) is 1. The van der Waals surface area contributed by atoms with E-state index in [4.69, 9.17) is 4.74 Å². The maximum absolute atomic E-state index is 12.2. The molecule has 0 radical (unpaired) electrons. The highest BCUT2D eigenvalue weighted by Gasteiger charge is 2.35. The third kappa shape index (κ3) is 8.66. The average Bonchev–Trinajstić information content (AvgIpc) is 2.60. The Labute approximate surface area is 160 Å². The SMILES string of the molecule is CC/C=C/CC(C(=O)O)C(C)C(=O)OC(=O)C(C)C(C/C=C/CC)C(=O)O. The number of carboxylic acids is 2. The van der Waals surface area contributed by atoms with Crippen molar-refractivity contribution >= 4 is 23.9 Å². The maximum atomic E-state index is 12.2. The zero-order chi connectivity index (χ0) is 21.0. The lowest BCUT2D eigenvalue weighted by atomic mass is 9.89. The molecular weight excluding hydrogens is 352 g/mol. The van der Waals surface area contributed by atoms with E-state index in [1.807, 2.05) is 13.8 Å². The summed E-state index contributed by atoms with van der Waals surface area (Å²) in [7, 11) is 0. The van der Waals surface area contributed by atoms with Crippen molar-refractivity contribution in [1.82, 2.24) is 0 Å². The fourth-order valence-electron chi connectivity index (χ4n) is 2.47. The summed E-state index contributed by atoms with van der Waals surface area (Å²) in [4.78, 5) is 47.2. The van der Waals surface area contributed by atoms with E-state index in [1.165, 1.54) is 13.8 Å². The van der Waals surface area contributed by atoms with Gasteiger partial charge in [-0.25, -0.2) is 0 Å². The Balaban J connectivity index is 5.04. The van der Waals surface area contributed by atoms with Crippen molar-refractivity contribution in [1.29, 1.82) is 0 Å². The molecule has 0 amide bonds. The molecule has 0 aromatic heterocycles. The van der Waals surface area contributed by atoms with Crippen molar-refractivity contribution < 1.29 is 34.1 Å². The molecule has 152 valence electrons. The normalized spacial score (nSPS) is 16.0. The predicted molar refractivity (Wildman–Crippen MR) is 99.8 cm³/mol. The molecule has 2 N–H and O–H groups in total. The number of esters is 2. The van der Waals surface area contributed by atoms with Gasteiger partial charge in [0.15, 0.2) is 0 Å². The van der Waals surface area contributed by atoms with Crippen LogP contribution in [0.2, 0.25) is 0 Å². The van der Waals surface area contributed by atoms with E-state index < -0.39 is 47.5 Å². The lowest BCUT2D eigenvalue weighted by Crippen LogP contribution is -2.34. The minimum Gasteiger partial charge on any atom is -0.481 e. The number of rotatable bonds is 12. The van der Waals surface area contributed by atoms with Gasteiger partial charge in [-0.3, -0.25) is 19.2 Å². The zero-order valence-electron chi connectivity index (χ0n) is 16.4. The van der Waals surface area contributed by atoms with E-state index in [2.05, 4.69) is 0 Å². The molecule has 7 nitrogen and oxygen atoms in total. The van der Waals surface area contributed by atoms with E-state index >= 15 is 0 Å². The minimum atomic E-state index is -1.16. The number of carbonyl (C=O) groups is 4. The van der Waals surface area contributed by atoms with Crippen molar-refractivity contribution in [2.45, 2.75) is 53.4 Å². The van der Waals surface area contributed by atoms with E-state index in [-0.39, 0.29) is 12.8 Å². The molecule has 4 unspecified atom stereocenters. The molecule has 0 heterocycles. The van der Waals surface area contributed by atoms with E-state index in [0.717, 1.165) is 12.8 Å². The largest absolute Gasteiger partial charge is 0.481 e. The van der Waals surface area contributed by atoms with Gasteiger partial charge in [0.1, 0.15) is 0 Å². The van der Waals surface area contributed by atoms with Gasteiger partial charge in [0.2, 0.25) is 0 Å². The molecule has 0 saturated carbocycles. The summed E-state index contributed by atoms with van der Waals surface area (Å²) in [5, 5.41) is 18.6. The van der Waals surface area contributed by atoms with Gasteiger partial charge in [-0.1, -0.05) is 52.0 Å². The summed E-state index contributed by atoms with van der Waals surface area (Å²) in [6, 6.07) is 0. The van der Waals surface area contributed by atoms with Crippen LogP contribution in [0.4, 0.5) is 0 Å². The van der Waals surface area contributed by atoms with Crippen molar-refractivity contribution in [3.63, 3.8) is 0 Å². The molecular formula is C20H30O7. The molecule has 0 bridgehead atoms. The van der Waals surface area contributed by atoms with Crippen LogP contribution < -0.4 is 0 Å². The molecule has 0 aromatic carbocycles. The van der Waals surface area contributed by atoms with Crippen LogP contribution in [0, 0.1) is 23.7 Å². The first-order valence-electron chi connectivity index (χ1n) is 9.18. The Morgan fingerprint density at radius 3 is 1.33 bits per heavy atom. The highest BCUT2D eigenvalue weighted by Crippen LogP contribution is 2.22. The van der Waals surface area contributed by atoms with E-state index in [1.54, 1.807) is 24.3 Å². The van der Waals surface area contributed by atoms with Crippen LogP contribution in [-0.4, -0.2) is 34.1 Å². The number of carbonyl (C=O) groups excluding carboxylic acids is 2. The molecule has 0 spiro atoms. The number of aliphatic carboxylic acids is 2. The van der Waals surface area contributed by atoms with Crippen LogP contribution in [0.1, 0.15) is 53.4 Å². The van der Waals surface area contributed by atoms with Crippen molar-refractivity contribution in [3.05, 3.63) is 24.3 Å². The smallest absolute Gasteiger partial charge is 0.317 e. The summed E-state index contributed by atoms with van der Waals surface area (Å²) < 4.78 is 4.80. The second-order valence-electron chi connectivity index (χ2n) is 6.44. The maximum Gasteiger partial charge on any atom is 0.317 e. The van der Waals surface area contributed by atoms with Crippen molar-refractivity contribution in [2.24, 2.45) is 23.7 Å². The standard InChI is InChI=1S/C20H30O7/c1-5-7-9-11-15(17(21)22)13(3)19(25)27-20(26)14(4)16(18(23)24)12-10-8-6-2/h7-10,13-16H,5-6,11-12H2,1-4H3,(H,21,22)(H,23,24)/b9-7+,10-8+. The van der Waals surface area contributed by atoms with Crippen LogP contribution in [0.15, 0.2) is 24.3 Å². The van der Waals surface area contributed by atoms with Gasteiger partial charge in [-0.15, -0.1) is 0 Å². The second-order valence-corrected chi connectivity index (χ2v) is 6.44. The Bertz CT molecular complexity index is 527. The summed E-state index contributed by atoms with van der Waals surface area (Å²) in [6.07, 6.45) is 8.70. The van der Waals surface area contributed by atoms with E-state index in [9.17, 15) is 29.4 Å². The topological polar surface area (TPSA) is 118 Å². The minimum absolute atomic E-state index is 0.142. The Kier molecular flexibility index (Phi) is 11.7. The summed E-state index contributed by atoms with van der Waals surface area (Å²) in [5.74, 6) is -8.36. The third-order valence-corrected chi connectivity index (χ3v) is 4.37. The fourth-order valence-corrected chi connectivity index (χ4v) is 2.47. The van der Waals surface area contributed by atoms with Crippen LogP contribution in [0.3, 0.4) is 0 Å². The van der Waals surface area contributed by atoms with Gasteiger partial charge in [0.25, 0.3) is 0 Å². The molecule has 0 aliphatic heterocycles. The third-order valence-electron chi connectivity index (χ3n) is 4.37. The molecule has 4 atom stereocenters. The van der Waals surface area contributed by atoms with Gasteiger partial charge in [-0.05, 0) is 25.7 Å². The summed E-state index contributed by atoms with van der Waals surface area (Å²) in [6.45, 7) is 6.58. The predicted octanol–water partition coefficient (Wildman–Crippen LogP) is 3.44. The molecule has 0 rings (SSSR count). The Morgan fingerprint density at radius 1 is 0.741 bits per heavy atom. The van der Waals surface area contributed by atoms with Crippen LogP contribution in [0.25, 0.3) is 0 Å². The summed E-state index contributed by atoms with van der Waals surface area (Å²) in [5.41, 5.74) is 0. The Morgan fingerprint density at radius 2 is 1.07 bits per heavy atom. The Hall–Kier alpha value is -2.44. The zero-order valence-corrected chi connectivity index (χ0v) is 16.4. The molecule has 0 saturated heterocycles. The first-order chi connectivity index (χ1) is 12.7. The molecule has 27 heavy (non-hydrogen) atoms. The number of allylic oxidation sites excluding steroid dienone is 4. The summed E-state index contributed by atoms with van der Waals surface area (Å²) >= 11 is 0. The molecule has 0 aromatic rings. The average molecular weight is 382 g/mol. The highest BCUT2D eigenvalue weighted by molar-refractivity contribution is 5.91. The number of hydrogen-bond acceptors (Lipinski definition) is 5. The van der Waals surface area contributed by atoms with Gasteiger partial charge in [0.05, 0.1) is 23.7 Å². The van der Waals surface area contributed by atoms with Gasteiger partial charge < -0.3 is 14.9 Å². The molecule has 0 aliphatic carbocycles. The quantitative estimate of drug-likeness (QED) is 0.301. The van der Waals surface area contributed by atoms with Crippen molar-refractivity contribution in [2.75, 3.05) is 0 Å². The first-order valence-corrected chi connectivity index (χ1v) is 9.18. The molecule has 7 heteroatoms. The van der Waals surface area contributed by atoms with Gasteiger partial charge in [-0.2, -0.15) is 0 Å². The number of hydrogen-bond donors (Lipinski definition) is 2. The van der Waals surface area contributed by atoms with Gasteiger partial charge in [0, 0.05) is 0 Å². The van der Waals surface area contributed by atoms with Crippen molar-refractivity contribution in [3.8, 4) is 0 Å². The lowest BCUT2D eigenvalue weighted by Gasteiger charge is -2.20. The lowest BCUT2D eigenvalue weighted by molar-refractivity contribution is -0.171. The van der Waals surface area contributed by atoms with Crippen LogP contribution in [-0.2, 0) is 23.9 Å². The fraction of sp³-hybridized carbons (Fsp3) is 0.600. The highest BCUT2D eigenvalue weighted by atomic mass is 16.6. The van der Waals surface area contributed by atoms with Crippen LogP contribution >= 0.6 is 0 Å². The first kappa shape index (κ1) is 24.6. The van der Waals surface area contributed by atoms with E-state index in [0.29, 0.717) is 0 Å². The van der Waals surface area contributed by atoms with Crippen LogP contribution in [0.5, 0.6) is 0 Å². The second kappa shape index (κ2) is 12.8.